The van der Waals surface area contributed by atoms with E-state index < -0.39 is 11.2 Å². The lowest BCUT2D eigenvalue weighted by atomic mass is 9.82. The van der Waals surface area contributed by atoms with E-state index >= 15 is 0 Å². The van der Waals surface area contributed by atoms with E-state index in [0.29, 0.717) is 54.9 Å². The Morgan fingerprint density at radius 1 is 1.23 bits per heavy atom. The number of hydrogen-bond donors (Lipinski definition) is 2. The predicted molar refractivity (Wildman–Crippen MR) is 120 cm³/mol. The number of pyridine rings is 2. The van der Waals surface area contributed by atoms with Gasteiger partial charge in [0.05, 0.1) is 22.2 Å². The molecule has 8 heteroatoms. The first kappa shape index (κ1) is 21.8. The molecule has 164 valence electrons. The molecule has 2 aliphatic rings. The van der Waals surface area contributed by atoms with Crippen LogP contribution in [0.4, 0.5) is 16.0 Å². The lowest BCUT2D eigenvalue weighted by Crippen LogP contribution is -2.35. The van der Waals surface area contributed by atoms with Gasteiger partial charge in [-0.15, -0.1) is 0 Å². The number of nitrogens with zero attached hydrogens (tertiary/aromatic N) is 3. The fraction of sp³-hybridized carbons (Fsp3) is 0.522. The average molecular weight is 444 g/mol. The molecule has 0 aromatic carbocycles. The molecule has 0 radical (unpaired) electrons. The molecule has 1 aliphatic heterocycles. The Kier molecular flexibility index (Phi) is 6.89. The second-order valence-corrected chi connectivity index (χ2v) is 8.82. The highest BCUT2D eigenvalue weighted by molar-refractivity contribution is 6.33. The zero-order chi connectivity index (χ0) is 21.7. The van der Waals surface area contributed by atoms with Crippen LogP contribution in [0.1, 0.15) is 44.9 Å². The Balaban J connectivity index is 1.53. The van der Waals surface area contributed by atoms with Crippen molar-refractivity contribution in [2.75, 3.05) is 30.4 Å². The van der Waals surface area contributed by atoms with Crippen LogP contribution in [0.2, 0.25) is 5.02 Å². The molecule has 0 bridgehead atoms. The van der Waals surface area contributed by atoms with Gasteiger partial charge in [0.25, 0.3) is 0 Å². The highest BCUT2D eigenvalue weighted by Crippen LogP contribution is 2.33. The Morgan fingerprint density at radius 2 is 2.00 bits per heavy atom. The number of nitrogens with one attached hydrogen (secondary N) is 2. The Labute approximate surface area is 187 Å². The molecule has 4 rings (SSSR count). The van der Waals surface area contributed by atoms with Gasteiger partial charge in [0.15, 0.2) is 11.6 Å². The Morgan fingerprint density at radius 3 is 2.74 bits per heavy atom. The summed E-state index contributed by atoms with van der Waals surface area (Å²) in [5.74, 6) is 0.403. The summed E-state index contributed by atoms with van der Waals surface area (Å²) in [7, 11) is 0. The molecule has 1 saturated carbocycles. The summed E-state index contributed by atoms with van der Waals surface area (Å²) >= 11 is 6.41. The summed E-state index contributed by atoms with van der Waals surface area (Å²) in [6.07, 6.45) is 8.84. The molecule has 0 atom stereocenters. The van der Waals surface area contributed by atoms with Gasteiger partial charge < -0.3 is 15.4 Å². The minimum atomic E-state index is -0.576. The number of anilines is 2. The maximum Gasteiger partial charge on any atom is 0.165 e. The molecular formula is C23H27ClFN5O. The molecule has 0 spiro atoms. The second kappa shape index (κ2) is 9.80. The SMILES string of the molecule is N#CC1(CNc2nc(-c3cc(NC4CCCCC4)ncc3Cl)ccc2F)CCOCC1. The van der Waals surface area contributed by atoms with Gasteiger partial charge in [0.2, 0.25) is 0 Å². The fourth-order valence-corrected chi connectivity index (χ4v) is 4.43. The zero-order valence-electron chi connectivity index (χ0n) is 17.5. The van der Waals surface area contributed by atoms with Crippen molar-refractivity contribution in [2.24, 2.45) is 5.41 Å². The number of hydrogen-bond acceptors (Lipinski definition) is 6. The normalized spacial score (nSPS) is 18.9. The third-order valence-electron chi connectivity index (χ3n) is 6.22. The van der Waals surface area contributed by atoms with E-state index in [-0.39, 0.29) is 5.82 Å². The number of aromatic nitrogens is 2. The quantitative estimate of drug-likeness (QED) is 0.620. The Bertz CT molecular complexity index is 951. The van der Waals surface area contributed by atoms with Gasteiger partial charge in [-0.2, -0.15) is 5.26 Å². The van der Waals surface area contributed by atoms with E-state index in [1.165, 1.54) is 25.3 Å². The standard InChI is InChI=1S/C23H27ClFN5O/c24-18-13-27-21(29-16-4-2-1-3-5-16)12-17(18)20-7-6-19(25)22(30-20)28-15-23(14-26)8-10-31-11-9-23/h6-7,12-13,16H,1-5,8-11,15H2,(H,27,29)(H,28,30). The maximum atomic E-state index is 14.5. The van der Waals surface area contributed by atoms with Crippen molar-refractivity contribution in [3.05, 3.63) is 35.2 Å². The van der Waals surface area contributed by atoms with Crippen molar-refractivity contribution in [2.45, 2.75) is 51.0 Å². The average Bonchev–Trinajstić information content (AvgIpc) is 2.81. The van der Waals surface area contributed by atoms with Crippen molar-refractivity contribution in [1.82, 2.24) is 9.97 Å². The van der Waals surface area contributed by atoms with Crippen molar-refractivity contribution in [1.29, 1.82) is 5.26 Å². The van der Waals surface area contributed by atoms with Crippen LogP contribution >= 0.6 is 11.6 Å². The number of rotatable bonds is 6. The molecule has 0 unspecified atom stereocenters. The maximum absolute atomic E-state index is 14.5. The summed E-state index contributed by atoms with van der Waals surface area (Å²) in [5.41, 5.74) is 0.674. The molecule has 1 aliphatic carbocycles. The van der Waals surface area contributed by atoms with E-state index in [1.54, 1.807) is 12.3 Å². The van der Waals surface area contributed by atoms with Crippen LogP contribution in [-0.2, 0) is 4.74 Å². The zero-order valence-corrected chi connectivity index (χ0v) is 18.2. The van der Waals surface area contributed by atoms with Gasteiger partial charge in [-0.25, -0.2) is 14.4 Å². The summed E-state index contributed by atoms with van der Waals surface area (Å²) in [6, 6.07) is 7.65. The molecular weight excluding hydrogens is 417 g/mol. The number of nitriles is 1. The lowest BCUT2D eigenvalue weighted by Gasteiger charge is -2.30. The molecule has 3 heterocycles. The van der Waals surface area contributed by atoms with E-state index in [1.807, 2.05) is 6.07 Å². The minimum Gasteiger partial charge on any atom is -0.381 e. The fourth-order valence-electron chi connectivity index (χ4n) is 4.23. The van der Waals surface area contributed by atoms with Crippen molar-refractivity contribution in [3.8, 4) is 17.3 Å². The molecule has 2 N–H and O–H groups in total. The molecule has 6 nitrogen and oxygen atoms in total. The largest absolute Gasteiger partial charge is 0.381 e. The third kappa shape index (κ3) is 5.25. The predicted octanol–water partition coefficient (Wildman–Crippen LogP) is 5.41. The third-order valence-corrected chi connectivity index (χ3v) is 6.52. The topological polar surface area (TPSA) is 82.9 Å². The van der Waals surface area contributed by atoms with E-state index in [0.717, 1.165) is 18.7 Å². The first-order valence-corrected chi connectivity index (χ1v) is 11.3. The molecule has 2 aromatic heterocycles. The first-order valence-electron chi connectivity index (χ1n) is 10.9. The van der Waals surface area contributed by atoms with E-state index in [2.05, 4.69) is 26.7 Å². The van der Waals surface area contributed by atoms with Crippen molar-refractivity contribution in [3.63, 3.8) is 0 Å². The highest BCUT2D eigenvalue weighted by atomic mass is 35.5. The van der Waals surface area contributed by atoms with E-state index in [4.69, 9.17) is 16.3 Å². The van der Waals surface area contributed by atoms with Crippen LogP contribution in [0.3, 0.4) is 0 Å². The molecule has 0 amide bonds. The van der Waals surface area contributed by atoms with E-state index in [9.17, 15) is 9.65 Å². The van der Waals surface area contributed by atoms with Crippen molar-refractivity contribution >= 4 is 23.2 Å². The smallest absolute Gasteiger partial charge is 0.165 e. The summed E-state index contributed by atoms with van der Waals surface area (Å²) in [4.78, 5) is 8.88. The summed E-state index contributed by atoms with van der Waals surface area (Å²) in [5, 5.41) is 16.6. The summed E-state index contributed by atoms with van der Waals surface area (Å²) in [6.45, 7) is 1.39. The monoisotopic (exact) mass is 443 g/mol. The van der Waals surface area contributed by atoms with Gasteiger partial charge in [-0.3, -0.25) is 0 Å². The number of ether oxygens (including phenoxy) is 1. The number of halogens is 2. The molecule has 2 aromatic rings. The van der Waals surface area contributed by atoms with Gasteiger partial charge in [0, 0.05) is 37.6 Å². The lowest BCUT2D eigenvalue weighted by molar-refractivity contribution is 0.0455. The van der Waals surface area contributed by atoms with Gasteiger partial charge >= 0.3 is 0 Å². The molecule has 31 heavy (non-hydrogen) atoms. The second-order valence-electron chi connectivity index (χ2n) is 8.41. The van der Waals surface area contributed by atoms with Gasteiger partial charge in [-0.1, -0.05) is 30.9 Å². The first-order chi connectivity index (χ1) is 15.1. The Hall–Kier alpha value is -2.43. The van der Waals surface area contributed by atoms with Gasteiger partial charge in [-0.05, 0) is 43.9 Å². The summed E-state index contributed by atoms with van der Waals surface area (Å²) < 4.78 is 19.8. The molecule has 2 fully saturated rings. The minimum absolute atomic E-state index is 0.119. The van der Waals surface area contributed by atoms with Gasteiger partial charge in [0.1, 0.15) is 5.82 Å². The van der Waals surface area contributed by atoms with Crippen LogP contribution in [0.25, 0.3) is 11.3 Å². The molecule has 1 saturated heterocycles. The van der Waals surface area contributed by atoms with Crippen molar-refractivity contribution < 1.29 is 9.13 Å². The van der Waals surface area contributed by atoms with Crippen LogP contribution < -0.4 is 10.6 Å². The highest BCUT2D eigenvalue weighted by Gasteiger charge is 2.33. The van der Waals surface area contributed by atoms with Crippen LogP contribution in [0, 0.1) is 22.6 Å². The van der Waals surface area contributed by atoms with Crippen LogP contribution in [-0.4, -0.2) is 35.8 Å². The van der Waals surface area contributed by atoms with Crippen LogP contribution in [0.5, 0.6) is 0 Å². The van der Waals surface area contributed by atoms with Crippen LogP contribution in [0.15, 0.2) is 24.4 Å².